The number of hydrogen-bond acceptors (Lipinski definition) is 7. The van der Waals surface area contributed by atoms with Gasteiger partial charge in [-0.3, -0.25) is 4.99 Å². The SMILES string of the molecule is CN(CC1C=NC=NC1)c1nc2cc(F)ccc2s1.O=CCCOC1=CCCC=C1. The highest BCUT2D eigenvalue weighted by Gasteiger charge is 2.14. The summed E-state index contributed by atoms with van der Waals surface area (Å²) < 4.78 is 19.4. The highest BCUT2D eigenvalue weighted by atomic mass is 32.1. The number of aromatic nitrogens is 1. The molecule has 8 heteroatoms. The van der Waals surface area contributed by atoms with Crippen molar-refractivity contribution >= 4 is 45.5 Å². The molecule has 0 bridgehead atoms. The molecule has 0 amide bonds. The topological polar surface area (TPSA) is 67.2 Å². The second-order valence-electron chi connectivity index (χ2n) is 6.92. The summed E-state index contributed by atoms with van der Waals surface area (Å²) in [6.45, 7) is 2.07. The van der Waals surface area contributed by atoms with Crippen LogP contribution in [0.1, 0.15) is 19.3 Å². The van der Waals surface area contributed by atoms with Crippen molar-refractivity contribution < 1.29 is 13.9 Å². The smallest absolute Gasteiger partial charge is 0.186 e. The third kappa shape index (κ3) is 6.59. The van der Waals surface area contributed by atoms with Gasteiger partial charge in [-0.15, -0.1) is 0 Å². The molecule has 0 radical (unpaired) electrons. The number of carbonyl (C=O) groups is 1. The molecule has 0 saturated carbocycles. The quantitative estimate of drug-likeness (QED) is 0.483. The van der Waals surface area contributed by atoms with Crippen molar-refractivity contribution in [3.8, 4) is 0 Å². The lowest BCUT2D eigenvalue weighted by Gasteiger charge is -2.20. The molecule has 0 N–H and O–H groups in total. The molecule has 1 aromatic carbocycles. The molecule has 0 fully saturated rings. The van der Waals surface area contributed by atoms with Crippen LogP contribution >= 0.6 is 11.3 Å². The summed E-state index contributed by atoms with van der Waals surface area (Å²) in [5, 5.41) is 0.892. The summed E-state index contributed by atoms with van der Waals surface area (Å²) >= 11 is 1.57. The maximum Gasteiger partial charge on any atom is 0.186 e. The summed E-state index contributed by atoms with van der Waals surface area (Å²) in [6, 6.07) is 4.70. The fourth-order valence-electron chi connectivity index (χ4n) is 2.94. The van der Waals surface area contributed by atoms with Gasteiger partial charge < -0.3 is 14.4 Å². The Morgan fingerprint density at radius 1 is 1.37 bits per heavy atom. The molecule has 6 nitrogen and oxygen atoms in total. The van der Waals surface area contributed by atoms with E-state index in [-0.39, 0.29) is 5.82 Å². The second-order valence-corrected chi connectivity index (χ2v) is 7.93. The molecule has 30 heavy (non-hydrogen) atoms. The molecule has 0 spiro atoms. The number of thiazole rings is 1. The lowest BCUT2D eigenvalue weighted by molar-refractivity contribution is -0.108. The van der Waals surface area contributed by atoms with Gasteiger partial charge in [0.1, 0.15) is 24.2 Å². The van der Waals surface area contributed by atoms with E-state index in [9.17, 15) is 9.18 Å². The van der Waals surface area contributed by atoms with Crippen LogP contribution in [0.25, 0.3) is 10.2 Å². The van der Waals surface area contributed by atoms with Crippen LogP contribution in [0.3, 0.4) is 0 Å². The number of allylic oxidation sites excluding steroid dienone is 3. The molecule has 4 rings (SSSR count). The zero-order valence-corrected chi connectivity index (χ0v) is 17.7. The Bertz CT molecular complexity index is 967. The van der Waals surface area contributed by atoms with E-state index in [4.69, 9.17) is 4.74 Å². The minimum absolute atomic E-state index is 0.249. The number of anilines is 1. The predicted molar refractivity (Wildman–Crippen MR) is 121 cm³/mol. The van der Waals surface area contributed by atoms with E-state index in [2.05, 4.69) is 25.9 Å². The number of rotatable bonds is 7. The van der Waals surface area contributed by atoms with Crippen molar-refractivity contribution in [1.29, 1.82) is 0 Å². The normalized spacial score (nSPS) is 17.3. The van der Waals surface area contributed by atoms with Crippen LogP contribution < -0.4 is 4.90 Å². The van der Waals surface area contributed by atoms with Crippen molar-refractivity contribution in [2.45, 2.75) is 19.3 Å². The lowest BCUT2D eigenvalue weighted by atomic mass is 10.1. The number of aldehydes is 1. The standard InChI is InChI=1S/C13H13FN4S.C9H12O2/c1-18(7-9-5-15-8-16-6-9)13-17-11-4-10(14)2-3-12(11)19-13;10-7-4-8-11-9-5-2-1-3-6-9/h2-5,8-9H,6-7H2,1H3;2,5-7H,1,3-4,8H2. The number of benzene rings is 1. The molecule has 2 aromatic rings. The van der Waals surface area contributed by atoms with Gasteiger partial charge >= 0.3 is 0 Å². The number of hydrogen-bond donors (Lipinski definition) is 0. The van der Waals surface area contributed by atoms with Gasteiger partial charge in [-0.2, -0.15) is 0 Å². The van der Waals surface area contributed by atoms with Gasteiger partial charge in [0.15, 0.2) is 5.13 Å². The molecule has 2 aliphatic rings. The predicted octanol–water partition coefficient (Wildman–Crippen LogP) is 4.43. The average molecular weight is 429 g/mol. The van der Waals surface area contributed by atoms with Crippen molar-refractivity contribution in [3.05, 3.63) is 48.0 Å². The monoisotopic (exact) mass is 428 g/mol. The molecule has 1 atom stereocenters. The van der Waals surface area contributed by atoms with Crippen molar-refractivity contribution in [3.63, 3.8) is 0 Å². The summed E-state index contributed by atoms with van der Waals surface area (Å²) in [7, 11) is 1.99. The first-order valence-corrected chi connectivity index (χ1v) is 10.7. The van der Waals surface area contributed by atoms with Crippen molar-refractivity contribution in [2.75, 3.05) is 31.6 Å². The third-order valence-corrected chi connectivity index (χ3v) is 5.57. The maximum absolute atomic E-state index is 13.1. The molecular weight excluding hydrogens is 403 g/mol. The fraction of sp³-hybridized carbons (Fsp3) is 0.364. The fourth-order valence-corrected chi connectivity index (χ4v) is 3.86. The van der Waals surface area contributed by atoms with Crippen LogP contribution in [0, 0.1) is 11.7 Å². The summed E-state index contributed by atoms with van der Waals surface area (Å²) in [5.41, 5.74) is 0.710. The Balaban J connectivity index is 0.000000199. The Kier molecular flexibility index (Phi) is 8.26. The van der Waals surface area contributed by atoms with Gasteiger partial charge in [0.25, 0.3) is 0 Å². The maximum atomic E-state index is 13.1. The first-order chi connectivity index (χ1) is 14.7. The molecule has 0 saturated heterocycles. The van der Waals surface area contributed by atoms with E-state index in [0.29, 0.717) is 24.5 Å². The first-order valence-electron chi connectivity index (χ1n) is 9.87. The third-order valence-electron chi connectivity index (χ3n) is 4.42. The van der Waals surface area contributed by atoms with Crippen LogP contribution in [0.2, 0.25) is 0 Å². The van der Waals surface area contributed by atoms with Gasteiger partial charge in [0.05, 0.1) is 23.4 Å². The summed E-state index contributed by atoms with van der Waals surface area (Å²) in [6.07, 6.45) is 13.1. The number of ether oxygens (including phenoxy) is 1. The minimum Gasteiger partial charge on any atom is -0.493 e. The van der Waals surface area contributed by atoms with Crippen LogP contribution in [-0.2, 0) is 9.53 Å². The Morgan fingerprint density at radius 3 is 3.00 bits per heavy atom. The van der Waals surface area contributed by atoms with E-state index in [1.165, 1.54) is 12.1 Å². The number of halogens is 1. The lowest BCUT2D eigenvalue weighted by Crippen LogP contribution is -2.28. The van der Waals surface area contributed by atoms with Gasteiger partial charge in [-0.25, -0.2) is 14.4 Å². The molecular formula is C22H25FN4O2S. The van der Waals surface area contributed by atoms with Crippen molar-refractivity contribution in [2.24, 2.45) is 15.9 Å². The van der Waals surface area contributed by atoms with E-state index in [0.717, 1.165) is 47.8 Å². The van der Waals surface area contributed by atoms with Gasteiger partial charge in [-0.1, -0.05) is 17.4 Å². The highest BCUT2D eigenvalue weighted by Crippen LogP contribution is 2.28. The molecule has 1 aromatic heterocycles. The second kappa shape index (κ2) is 11.3. The number of fused-ring (bicyclic) bond motifs is 1. The molecule has 158 valence electrons. The first kappa shape index (κ1) is 21.8. The molecule has 2 heterocycles. The zero-order valence-electron chi connectivity index (χ0n) is 16.9. The van der Waals surface area contributed by atoms with Crippen LogP contribution in [0.15, 0.2) is 52.2 Å². The Labute approximate surface area is 179 Å². The van der Waals surface area contributed by atoms with Gasteiger partial charge in [-0.05, 0) is 37.1 Å². The average Bonchev–Trinajstić information content (AvgIpc) is 3.19. The summed E-state index contributed by atoms with van der Waals surface area (Å²) in [4.78, 5) is 24.7. The van der Waals surface area contributed by atoms with E-state index in [1.807, 2.05) is 25.4 Å². The highest BCUT2D eigenvalue weighted by molar-refractivity contribution is 7.22. The Hall–Kier alpha value is -2.87. The van der Waals surface area contributed by atoms with Crippen LogP contribution in [0.4, 0.5) is 9.52 Å². The zero-order chi connectivity index (χ0) is 21.2. The number of aliphatic imine (C=N–C) groups is 2. The van der Waals surface area contributed by atoms with Gasteiger partial charge in [0, 0.05) is 38.2 Å². The Morgan fingerprint density at radius 2 is 2.27 bits per heavy atom. The largest absolute Gasteiger partial charge is 0.493 e. The van der Waals surface area contributed by atoms with Crippen molar-refractivity contribution in [1.82, 2.24) is 4.98 Å². The minimum atomic E-state index is -0.249. The van der Waals surface area contributed by atoms with E-state index < -0.39 is 0 Å². The number of nitrogens with zero attached hydrogens (tertiary/aromatic N) is 4. The number of carbonyl (C=O) groups excluding carboxylic acids is 1. The van der Waals surface area contributed by atoms with E-state index in [1.54, 1.807) is 23.7 Å². The van der Waals surface area contributed by atoms with Gasteiger partial charge in [0.2, 0.25) is 0 Å². The molecule has 1 aliphatic heterocycles. The molecule has 1 aliphatic carbocycles. The summed E-state index contributed by atoms with van der Waals surface area (Å²) in [5.74, 6) is 0.956. The van der Waals surface area contributed by atoms with E-state index >= 15 is 0 Å². The molecule has 1 unspecified atom stereocenters. The van der Waals surface area contributed by atoms with Crippen LogP contribution in [0.5, 0.6) is 0 Å². The van der Waals surface area contributed by atoms with Crippen LogP contribution in [-0.4, -0.2) is 50.6 Å².